The Hall–Kier alpha value is -2.05. The average molecular weight is 306 g/mol. The summed E-state index contributed by atoms with van der Waals surface area (Å²) in [5, 5.41) is 0. The molecule has 2 rings (SSSR count). The topological polar surface area (TPSA) is 81.4 Å². The van der Waals surface area contributed by atoms with Crippen molar-refractivity contribution in [2.75, 3.05) is 17.9 Å². The zero-order valence-electron chi connectivity index (χ0n) is 11.7. The van der Waals surface area contributed by atoms with Crippen molar-refractivity contribution in [3.63, 3.8) is 0 Å². The van der Waals surface area contributed by atoms with E-state index in [9.17, 15) is 8.42 Å². The Morgan fingerprint density at radius 2 is 1.76 bits per heavy atom. The minimum absolute atomic E-state index is 0.249. The number of anilines is 1. The fraction of sp³-hybridized carbons (Fsp3) is 0.200. The summed E-state index contributed by atoms with van der Waals surface area (Å²) >= 11 is 0. The molecule has 0 bridgehead atoms. The molecule has 0 fully saturated rings. The number of ether oxygens (including phenoxy) is 1. The average Bonchev–Trinajstić information content (AvgIpc) is 2.46. The lowest BCUT2D eigenvalue weighted by Gasteiger charge is -2.14. The molecule has 5 nitrogen and oxygen atoms in total. The van der Waals surface area contributed by atoms with Gasteiger partial charge in [-0.05, 0) is 30.7 Å². The van der Waals surface area contributed by atoms with E-state index in [4.69, 9.17) is 10.5 Å². The van der Waals surface area contributed by atoms with Crippen LogP contribution in [0.2, 0.25) is 0 Å². The molecular weight excluding hydrogens is 288 g/mol. The van der Waals surface area contributed by atoms with Gasteiger partial charge in [0.05, 0.1) is 10.6 Å². The maximum absolute atomic E-state index is 12.5. The second kappa shape index (κ2) is 6.60. The van der Waals surface area contributed by atoms with E-state index < -0.39 is 10.0 Å². The summed E-state index contributed by atoms with van der Waals surface area (Å²) in [6.07, 6.45) is 0. The molecule has 0 aliphatic heterocycles. The van der Waals surface area contributed by atoms with Crippen molar-refractivity contribution >= 4 is 15.7 Å². The first-order valence-corrected chi connectivity index (χ1v) is 8.03. The van der Waals surface area contributed by atoms with Gasteiger partial charge in [0.25, 0.3) is 10.0 Å². The Kier molecular flexibility index (Phi) is 4.82. The summed E-state index contributed by atoms with van der Waals surface area (Å²) in [5.41, 5.74) is 6.48. The van der Waals surface area contributed by atoms with Crippen LogP contribution in [-0.2, 0) is 10.0 Å². The van der Waals surface area contributed by atoms with Crippen LogP contribution >= 0.6 is 0 Å². The normalized spacial score (nSPS) is 11.1. The van der Waals surface area contributed by atoms with E-state index in [1.165, 1.54) is 0 Å². The number of nitrogens with one attached hydrogen (secondary N) is 1. The predicted octanol–water partition coefficient (Wildman–Crippen LogP) is 2.13. The van der Waals surface area contributed by atoms with Crippen molar-refractivity contribution in [3.05, 3.63) is 54.1 Å². The van der Waals surface area contributed by atoms with Crippen molar-refractivity contribution in [1.29, 1.82) is 0 Å². The number of rotatable bonds is 6. The van der Waals surface area contributed by atoms with E-state index in [1.807, 2.05) is 0 Å². The Labute approximate surface area is 124 Å². The molecule has 2 aromatic rings. The molecule has 0 spiro atoms. The van der Waals surface area contributed by atoms with Crippen molar-refractivity contribution < 1.29 is 13.2 Å². The molecule has 0 aromatic heterocycles. The fourth-order valence-electron chi connectivity index (χ4n) is 1.90. The van der Waals surface area contributed by atoms with Gasteiger partial charge in [-0.1, -0.05) is 30.3 Å². The molecule has 0 aliphatic carbocycles. The minimum Gasteiger partial charge on any atom is -0.490 e. The van der Waals surface area contributed by atoms with E-state index in [-0.39, 0.29) is 4.90 Å². The van der Waals surface area contributed by atoms with Crippen molar-refractivity contribution in [2.24, 2.45) is 5.73 Å². The molecule has 112 valence electrons. The van der Waals surface area contributed by atoms with Gasteiger partial charge in [0.15, 0.2) is 0 Å². The molecule has 0 aliphatic rings. The van der Waals surface area contributed by atoms with Gasteiger partial charge in [-0.3, -0.25) is 4.72 Å². The van der Waals surface area contributed by atoms with Crippen LogP contribution in [0.25, 0.3) is 0 Å². The molecular formula is C15H18N2O3S. The first kappa shape index (κ1) is 15.3. The second-order valence-corrected chi connectivity index (χ2v) is 6.16. The van der Waals surface area contributed by atoms with Gasteiger partial charge in [-0.25, -0.2) is 8.42 Å². The van der Waals surface area contributed by atoms with E-state index in [2.05, 4.69) is 4.72 Å². The molecule has 0 unspecified atom stereocenters. The van der Waals surface area contributed by atoms with Crippen LogP contribution in [0.5, 0.6) is 5.75 Å². The Morgan fingerprint density at radius 3 is 2.48 bits per heavy atom. The zero-order chi connectivity index (χ0) is 15.3. The maximum atomic E-state index is 12.5. The summed E-state index contributed by atoms with van der Waals surface area (Å²) in [4.78, 5) is 0.249. The van der Waals surface area contributed by atoms with E-state index >= 15 is 0 Å². The maximum Gasteiger partial charge on any atom is 0.262 e. The summed E-state index contributed by atoms with van der Waals surface area (Å²) in [7, 11) is -3.65. The molecule has 2 aromatic carbocycles. The Morgan fingerprint density at radius 1 is 1.10 bits per heavy atom. The molecule has 0 saturated heterocycles. The van der Waals surface area contributed by atoms with Crippen molar-refractivity contribution in [3.8, 4) is 5.75 Å². The Bertz CT molecular complexity index is 714. The van der Waals surface area contributed by atoms with Crippen molar-refractivity contribution in [2.45, 2.75) is 11.8 Å². The van der Waals surface area contributed by atoms with Gasteiger partial charge in [0.1, 0.15) is 12.4 Å². The van der Waals surface area contributed by atoms with Crippen LogP contribution in [0.1, 0.15) is 5.56 Å². The largest absolute Gasteiger partial charge is 0.490 e. The van der Waals surface area contributed by atoms with E-state index in [0.717, 1.165) is 0 Å². The SMILES string of the molecule is Cc1ccccc1S(=O)(=O)Nc1ccccc1OCCN. The predicted molar refractivity (Wildman–Crippen MR) is 83.0 cm³/mol. The molecule has 0 saturated carbocycles. The third kappa shape index (κ3) is 3.74. The van der Waals surface area contributed by atoms with Crippen LogP contribution in [0, 0.1) is 6.92 Å². The van der Waals surface area contributed by atoms with Crippen LogP contribution in [0.4, 0.5) is 5.69 Å². The van der Waals surface area contributed by atoms with E-state index in [1.54, 1.807) is 55.5 Å². The van der Waals surface area contributed by atoms with Gasteiger partial charge < -0.3 is 10.5 Å². The number of benzene rings is 2. The van der Waals surface area contributed by atoms with Gasteiger partial charge in [0.2, 0.25) is 0 Å². The first-order chi connectivity index (χ1) is 10.0. The lowest BCUT2D eigenvalue weighted by Crippen LogP contribution is -2.16. The highest BCUT2D eigenvalue weighted by Crippen LogP contribution is 2.27. The fourth-order valence-corrected chi connectivity index (χ4v) is 3.22. The van der Waals surface area contributed by atoms with Crippen LogP contribution in [-0.4, -0.2) is 21.6 Å². The molecule has 0 amide bonds. The number of para-hydroxylation sites is 2. The summed E-state index contributed by atoms with van der Waals surface area (Å²) < 4.78 is 32.9. The van der Waals surface area contributed by atoms with Crippen LogP contribution in [0.3, 0.4) is 0 Å². The van der Waals surface area contributed by atoms with Crippen LogP contribution < -0.4 is 15.2 Å². The molecule has 6 heteroatoms. The highest BCUT2D eigenvalue weighted by molar-refractivity contribution is 7.92. The second-order valence-electron chi connectivity index (χ2n) is 4.50. The van der Waals surface area contributed by atoms with Gasteiger partial charge in [-0.15, -0.1) is 0 Å². The number of hydrogen-bond acceptors (Lipinski definition) is 4. The Balaban J connectivity index is 2.31. The highest BCUT2D eigenvalue weighted by Gasteiger charge is 2.18. The minimum atomic E-state index is -3.65. The summed E-state index contributed by atoms with van der Waals surface area (Å²) in [6, 6.07) is 13.7. The molecule has 0 atom stereocenters. The number of sulfonamides is 1. The standard InChI is InChI=1S/C15H18N2O3S/c1-12-6-2-5-9-15(12)21(18,19)17-13-7-3-4-8-14(13)20-11-10-16/h2-9,17H,10-11,16H2,1H3. The summed E-state index contributed by atoms with van der Waals surface area (Å²) in [5.74, 6) is 0.458. The van der Waals surface area contributed by atoms with Gasteiger partial charge in [0, 0.05) is 6.54 Å². The van der Waals surface area contributed by atoms with E-state index in [0.29, 0.717) is 30.2 Å². The van der Waals surface area contributed by atoms with Crippen LogP contribution in [0.15, 0.2) is 53.4 Å². The van der Waals surface area contributed by atoms with Crippen molar-refractivity contribution in [1.82, 2.24) is 0 Å². The molecule has 3 N–H and O–H groups in total. The highest BCUT2D eigenvalue weighted by atomic mass is 32.2. The van der Waals surface area contributed by atoms with Gasteiger partial charge in [-0.2, -0.15) is 0 Å². The molecule has 0 heterocycles. The number of hydrogen-bond donors (Lipinski definition) is 2. The van der Waals surface area contributed by atoms with Gasteiger partial charge >= 0.3 is 0 Å². The lowest BCUT2D eigenvalue weighted by molar-refractivity contribution is 0.330. The lowest BCUT2D eigenvalue weighted by atomic mass is 10.2. The molecule has 0 radical (unpaired) electrons. The summed E-state index contributed by atoms with van der Waals surface area (Å²) in [6.45, 7) is 2.44. The number of nitrogens with two attached hydrogens (primary N) is 1. The zero-order valence-corrected chi connectivity index (χ0v) is 12.6. The third-order valence-corrected chi connectivity index (χ3v) is 4.42. The number of aryl methyl sites for hydroxylation is 1. The first-order valence-electron chi connectivity index (χ1n) is 6.55. The quantitative estimate of drug-likeness (QED) is 0.856. The smallest absolute Gasteiger partial charge is 0.262 e. The third-order valence-electron chi connectivity index (χ3n) is 2.89. The monoisotopic (exact) mass is 306 g/mol. The molecule has 21 heavy (non-hydrogen) atoms.